The normalized spacial score (nSPS) is 9.58. The molecule has 0 aliphatic rings. The summed E-state index contributed by atoms with van der Waals surface area (Å²) < 4.78 is 0. The average Bonchev–Trinajstić information content (AvgIpc) is 2.74. The number of aliphatic hydroxyl groups excluding tert-OH is 2. The van der Waals surface area contributed by atoms with Crippen LogP contribution < -0.4 is 110 Å². The van der Waals surface area contributed by atoms with Crippen molar-refractivity contribution in [2.45, 2.75) is 40.0 Å². The topological polar surface area (TPSA) is 197 Å². The minimum absolute atomic E-state index is 0. The molecule has 12 nitrogen and oxygen atoms in total. The molecular weight excluding hydrogens is 505 g/mol. The SMILES string of the molecule is CCCCCN.CCN(CCN(CC(=O)[O-])CC(=O)[O-])CC(=O)[O-].CCN(CCO)CCO.[Na+].[Na+].[Na+]. The summed E-state index contributed by atoms with van der Waals surface area (Å²) in [6.45, 7) is 8.68. The Kier molecular flexibility index (Phi) is 53.3. The molecule has 0 amide bonds. The molecule has 0 saturated heterocycles. The number of hydrogen-bond donors (Lipinski definition) is 3. The first kappa shape index (κ1) is 50.1. The number of aliphatic hydroxyl groups is 2. The maximum atomic E-state index is 10.4. The maximum Gasteiger partial charge on any atom is 1.00 e. The molecule has 0 aliphatic heterocycles. The van der Waals surface area contributed by atoms with E-state index in [0.29, 0.717) is 19.6 Å². The first-order valence-corrected chi connectivity index (χ1v) is 11.3. The molecule has 0 atom stereocenters. The second-order valence-electron chi connectivity index (χ2n) is 7.07. The molecule has 0 fully saturated rings. The van der Waals surface area contributed by atoms with Gasteiger partial charge in [-0.1, -0.05) is 33.6 Å². The van der Waals surface area contributed by atoms with Crippen LogP contribution in [0, 0.1) is 0 Å². The molecule has 0 aromatic rings. The van der Waals surface area contributed by atoms with Crippen molar-refractivity contribution in [3.05, 3.63) is 0 Å². The summed E-state index contributed by atoms with van der Waals surface area (Å²) in [6.07, 6.45) is 3.75. The van der Waals surface area contributed by atoms with E-state index in [-0.39, 0.29) is 122 Å². The summed E-state index contributed by atoms with van der Waals surface area (Å²) in [4.78, 5) is 35.8. The molecule has 0 unspecified atom stereocenters. The Hall–Kier alpha value is 1.17. The number of aliphatic carboxylic acids is 3. The van der Waals surface area contributed by atoms with Crippen molar-refractivity contribution in [2.75, 3.05) is 78.7 Å². The zero-order valence-corrected chi connectivity index (χ0v) is 29.4. The summed E-state index contributed by atoms with van der Waals surface area (Å²) in [5.74, 6) is -4.05. The first-order chi connectivity index (χ1) is 15.6. The Morgan fingerprint density at radius 2 is 1.00 bits per heavy atom. The minimum Gasteiger partial charge on any atom is -0.549 e. The summed E-state index contributed by atoms with van der Waals surface area (Å²) in [7, 11) is 0. The number of carbonyl (C=O) groups excluding carboxylic acids is 3. The standard InChI is InChI=1S/C10H18N2O6.C6H15NO2.C5H13N.3Na/c1-2-11(5-8(13)14)3-4-12(6-9(15)16)7-10(17)18;1-2-7(3-5-8)4-6-9;1-2-3-4-5-6;;;/h2-7H2,1H3,(H,13,14)(H,15,16)(H,17,18);8-9H,2-6H2,1H3;2-6H2,1H3;;;/q;;;3*+1/p-3. The number of nitrogens with zero attached hydrogens (tertiary/aromatic N) is 3. The molecule has 0 heterocycles. The Balaban J connectivity index is -0.000000106. The number of carbonyl (C=O) groups is 3. The number of likely N-dealkylation sites (N-methyl/N-ethyl adjacent to an activating group) is 2. The van der Waals surface area contributed by atoms with Gasteiger partial charge in [-0.25, -0.2) is 0 Å². The summed E-state index contributed by atoms with van der Waals surface area (Å²) in [6, 6.07) is 0. The largest absolute Gasteiger partial charge is 1.00 e. The van der Waals surface area contributed by atoms with Crippen molar-refractivity contribution in [3.63, 3.8) is 0 Å². The van der Waals surface area contributed by atoms with E-state index in [2.05, 4.69) is 6.92 Å². The molecule has 0 bridgehead atoms. The second kappa shape index (κ2) is 38.3. The number of unbranched alkanes of at least 4 members (excludes halogenated alkanes) is 2. The van der Waals surface area contributed by atoms with Gasteiger partial charge >= 0.3 is 88.7 Å². The fourth-order valence-corrected chi connectivity index (χ4v) is 2.50. The Labute approximate surface area is 282 Å². The molecule has 4 N–H and O–H groups in total. The van der Waals surface area contributed by atoms with Gasteiger partial charge < -0.3 is 45.6 Å². The molecule has 36 heavy (non-hydrogen) atoms. The number of rotatable bonds is 18. The minimum atomic E-state index is -1.40. The van der Waals surface area contributed by atoms with Crippen molar-refractivity contribution >= 4 is 17.9 Å². The van der Waals surface area contributed by atoms with Gasteiger partial charge in [-0.05, 0) is 26.1 Å². The third kappa shape index (κ3) is 42.3. The molecule has 0 saturated carbocycles. The van der Waals surface area contributed by atoms with Crippen LogP contribution in [0.3, 0.4) is 0 Å². The fraction of sp³-hybridized carbons (Fsp3) is 0.857. The third-order valence-electron chi connectivity index (χ3n) is 4.33. The van der Waals surface area contributed by atoms with Gasteiger partial charge in [0.05, 0.1) is 31.1 Å². The van der Waals surface area contributed by atoms with E-state index < -0.39 is 31.0 Å². The van der Waals surface area contributed by atoms with Gasteiger partial charge in [-0.3, -0.25) is 14.7 Å². The van der Waals surface area contributed by atoms with Crippen molar-refractivity contribution < 1.29 is 129 Å². The van der Waals surface area contributed by atoms with E-state index in [4.69, 9.17) is 15.9 Å². The molecule has 15 heteroatoms. The van der Waals surface area contributed by atoms with Gasteiger partial charge in [0.25, 0.3) is 0 Å². The van der Waals surface area contributed by atoms with Crippen molar-refractivity contribution in [2.24, 2.45) is 5.73 Å². The van der Waals surface area contributed by atoms with E-state index in [0.717, 1.165) is 18.0 Å². The zero-order valence-electron chi connectivity index (χ0n) is 23.4. The van der Waals surface area contributed by atoms with Crippen LogP contribution in [-0.4, -0.2) is 121 Å². The third-order valence-corrected chi connectivity index (χ3v) is 4.33. The number of carboxylic acids is 3. The molecule has 0 aromatic carbocycles. The molecule has 0 radical (unpaired) electrons. The predicted octanol–water partition coefficient (Wildman–Crippen LogP) is -13.7. The smallest absolute Gasteiger partial charge is 0.549 e. The van der Waals surface area contributed by atoms with Gasteiger partial charge in [0.2, 0.25) is 0 Å². The summed E-state index contributed by atoms with van der Waals surface area (Å²) in [5, 5.41) is 48.1. The average molecular weight is 549 g/mol. The Morgan fingerprint density at radius 3 is 1.25 bits per heavy atom. The van der Waals surface area contributed by atoms with Crippen LogP contribution in [-0.2, 0) is 14.4 Å². The molecule has 0 aliphatic carbocycles. The Bertz CT molecular complexity index is 472. The Morgan fingerprint density at radius 1 is 0.639 bits per heavy atom. The number of carboxylic acid groups (broad SMARTS) is 3. The summed E-state index contributed by atoms with van der Waals surface area (Å²) in [5.41, 5.74) is 5.21. The quantitative estimate of drug-likeness (QED) is 0.108. The van der Waals surface area contributed by atoms with E-state index in [1.165, 1.54) is 24.2 Å². The van der Waals surface area contributed by atoms with E-state index in [1.807, 2.05) is 11.8 Å². The van der Waals surface area contributed by atoms with E-state index in [9.17, 15) is 29.7 Å². The fourth-order valence-electron chi connectivity index (χ4n) is 2.50. The molecule has 0 aromatic heterocycles. The van der Waals surface area contributed by atoms with Crippen LogP contribution in [0.4, 0.5) is 0 Å². The van der Waals surface area contributed by atoms with Crippen LogP contribution in [0.5, 0.6) is 0 Å². The van der Waals surface area contributed by atoms with Gasteiger partial charge in [0.15, 0.2) is 0 Å². The second-order valence-corrected chi connectivity index (χ2v) is 7.07. The van der Waals surface area contributed by atoms with Gasteiger partial charge in [-0.15, -0.1) is 0 Å². The van der Waals surface area contributed by atoms with E-state index in [1.54, 1.807) is 6.92 Å². The number of hydrogen-bond acceptors (Lipinski definition) is 12. The molecule has 198 valence electrons. The maximum absolute atomic E-state index is 10.4. The van der Waals surface area contributed by atoms with Crippen LogP contribution >= 0.6 is 0 Å². The van der Waals surface area contributed by atoms with E-state index >= 15 is 0 Å². The van der Waals surface area contributed by atoms with Gasteiger partial charge in [-0.2, -0.15) is 0 Å². The van der Waals surface area contributed by atoms with Crippen molar-refractivity contribution in [1.82, 2.24) is 14.7 Å². The van der Waals surface area contributed by atoms with Crippen LogP contribution in [0.2, 0.25) is 0 Å². The monoisotopic (exact) mass is 548 g/mol. The van der Waals surface area contributed by atoms with Crippen LogP contribution in [0.1, 0.15) is 40.0 Å². The molecule has 0 rings (SSSR count). The zero-order chi connectivity index (χ0) is 26.1. The first-order valence-electron chi connectivity index (χ1n) is 11.3. The molecule has 0 spiro atoms. The van der Waals surface area contributed by atoms with Crippen LogP contribution in [0.15, 0.2) is 0 Å². The summed E-state index contributed by atoms with van der Waals surface area (Å²) >= 11 is 0. The van der Waals surface area contributed by atoms with Crippen molar-refractivity contribution in [1.29, 1.82) is 0 Å². The van der Waals surface area contributed by atoms with Gasteiger partial charge in [0.1, 0.15) is 0 Å². The molecular formula is C21H43N4Na3O8. The predicted molar refractivity (Wildman–Crippen MR) is 118 cm³/mol. The van der Waals surface area contributed by atoms with Crippen LogP contribution in [0.25, 0.3) is 0 Å². The van der Waals surface area contributed by atoms with Crippen molar-refractivity contribution in [3.8, 4) is 0 Å². The number of nitrogens with two attached hydrogens (primary N) is 1. The van der Waals surface area contributed by atoms with Gasteiger partial charge in [0, 0.05) is 45.8 Å².